The van der Waals surface area contributed by atoms with E-state index in [9.17, 15) is 10.1 Å². The molecule has 1 N–H and O–H groups in total. The summed E-state index contributed by atoms with van der Waals surface area (Å²) in [6.45, 7) is 2.01. The van der Waals surface area contributed by atoms with Crippen LogP contribution < -0.4 is 10.1 Å². The average Bonchev–Trinajstić information content (AvgIpc) is 2.91. The Hall–Kier alpha value is -2.77. The van der Waals surface area contributed by atoms with E-state index in [0.29, 0.717) is 10.7 Å². The molecular formula is C19H15ClN2O2. The Morgan fingerprint density at radius 3 is 2.96 bits per heavy atom. The SMILES string of the molecule is CC1Cc2cc(/C=C(/C#N)C(=O)Nc3cccc(Cl)c3)ccc2O1. The zero-order valence-electron chi connectivity index (χ0n) is 13.0. The number of benzene rings is 2. The van der Waals surface area contributed by atoms with Gasteiger partial charge in [0.15, 0.2) is 0 Å². The normalized spacial score (nSPS) is 16.0. The number of hydrogen-bond donors (Lipinski definition) is 1. The predicted molar refractivity (Wildman–Crippen MR) is 93.9 cm³/mol. The van der Waals surface area contributed by atoms with Crippen molar-refractivity contribution in [1.29, 1.82) is 5.26 Å². The van der Waals surface area contributed by atoms with Crippen molar-refractivity contribution in [1.82, 2.24) is 0 Å². The smallest absolute Gasteiger partial charge is 0.266 e. The van der Waals surface area contributed by atoms with Crippen molar-refractivity contribution in [2.24, 2.45) is 0 Å². The van der Waals surface area contributed by atoms with Crippen molar-refractivity contribution in [3.8, 4) is 11.8 Å². The van der Waals surface area contributed by atoms with E-state index < -0.39 is 5.91 Å². The van der Waals surface area contributed by atoms with Crippen molar-refractivity contribution in [2.75, 3.05) is 5.32 Å². The van der Waals surface area contributed by atoms with Gasteiger partial charge in [0.05, 0.1) is 0 Å². The molecule has 5 heteroatoms. The summed E-state index contributed by atoms with van der Waals surface area (Å²) in [6, 6.07) is 14.4. The number of nitriles is 1. The third kappa shape index (κ3) is 3.58. The molecule has 1 unspecified atom stereocenters. The molecule has 0 fully saturated rings. The average molecular weight is 339 g/mol. The molecule has 24 heavy (non-hydrogen) atoms. The monoisotopic (exact) mass is 338 g/mol. The van der Waals surface area contributed by atoms with Gasteiger partial charge in [0, 0.05) is 17.1 Å². The molecule has 120 valence electrons. The van der Waals surface area contributed by atoms with E-state index >= 15 is 0 Å². The van der Waals surface area contributed by atoms with Gasteiger partial charge in [-0.25, -0.2) is 0 Å². The van der Waals surface area contributed by atoms with E-state index in [4.69, 9.17) is 16.3 Å². The lowest BCUT2D eigenvalue weighted by Crippen LogP contribution is -2.13. The van der Waals surface area contributed by atoms with Gasteiger partial charge < -0.3 is 10.1 Å². The molecule has 0 aliphatic carbocycles. The molecule has 0 spiro atoms. The summed E-state index contributed by atoms with van der Waals surface area (Å²) >= 11 is 5.89. The van der Waals surface area contributed by atoms with E-state index in [2.05, 4.69) is 5.32 Å². The highest BCUT2D eigenvalue weighted by atomic mass is 35.5. The molecule has 1 heterocycles. The van der Waals surface area contributed by atoms with Crippen LogP contribution in [0.3, 0.4) is 0 Å². The highest BCUT2D eigenvalue weighted by Gasteiger charge is 2.19. The maximum atomic E-state index is 12.3. The Labute approximate surface area is 145 Å². The molecule has 1 aliphatic rings. The molecular weight excluding hydrogens is 324 g/mol. The molecule has 1 aliphatic heterocycles. The second-order valence-electron chi connectivity index (χ2n) is 5.63. The summed E-state index contributed by atoms with van der Waals surface area (Å²) in [5, 5.41) is 12.5. The van der Waals surface area contributed by atoms with Crippen LogP contribution in [0.4, 0.5) is 5.69 Å². The number of ether oxygens (including phenoxy) is 1. The lowest BCUT2D eigenvalue weighted by Gasteiger charge is -2.05. The number of carbonyl (C=O) groups excluding carboxylic acids is 1. The Morgan fingerprint density at radius 2 is 2.21 bits per heavy atom. The quantitative estimate of drug-likeness (QED) is 0.673. The Balaban J connectivity index is 1.81. The Kier molecular flexibility index (Phi) is 4.54. The number of amides is 1. The van der Waals surface area contributed by atoms with Gasteiger partial charge in [-0.2, -0.15) is 5.26 Å². The molecule has 0 saturated carbocycles. The summed E-state index contributed by atoms with van der Waals surface area (Å²) in [5.74, 6) is 0.395. The molecule has 4 nitrogen and oxygen atoms in total. The van der Waals surface area contributed by atoms with E-state index in [-0.39, 0.29) is 11.7 Å². The number of nitrogens with zero attached hydrogens (tertiary/aromatic N) is 1. The summed E-state index contributed by atoms with van der Waals surface area (Å²) < 4.78 is 5.65. The molecule has 2 aromatic carbocycles. The second-order valence-corrected chi connectivity index (χ2v) is 6.07. The molecule has 2 aromatic rings. The standard InChI is InChI=1S/C19H15ClN2O2/c1-12-7-14-8-13(5-6-18(14)24-12)9-15(11-21)19(23)22-17-4-2-3-16(20)10-17/h2-6,8-10,12H,7H2,1H3,(H,22,23)/b15-9-. The number of halogens is 1. The second kappa shape index (κ2) is 6.77. The largest absolute Gasteiger partial charge is 0.490 e. The maximum Gasteiger partial charge on any atom is 0.266 e. The molecule has 0 saturated heterocycles. The van der Waals surface area contributed by atoms with Crippen molar-refractivity contribution in [3.63, 3.8) is 0 Å². The minimum atomic E-state index is -0.468. The molecule has 1 amide bonds. The van der Waals surface area contributed by atoms with Crippen molar-refractivity contribution in [3.05, 3.63) is 64.2 Å². The van der Waals surface area contributed by atoms with Crippen LogP contribution in [0, 0.1) is 11.3 Å². The van der Waals surface area contributed by atoms with Gasteiger partial charge in [0.1, 0.15) is 23.5 Å². The number of anilines is 1. The van der Waals surface area contributed by atoms with Gasteiger partial charge in [0.2, 0.25) is 0 Å². The third-order valence-corrected chi connectivity index (χ3v) is 3.91. The minimum Gasteiger partial charge on any atom is -0.490 e. The lowest BCUT2D eigenvalue weighted by atomic mass is 10.0. The first-order valence-corrected chi connectivity index (χ1v) is 7.91. The number of hydrogen-bond acceptors (Lipinski definition) is 3. The third-order valence-electron chi connectivity index (χ3n) is 3.68. The van der Waals surface area contributed by atoms with Gasteiger partial charge in [-0.1, -0.05) is 23.7 Å². The minimum absolute atomic E-state index is 0.0295. The van der Waals surface area contributed by atoms with Crippen LogP contribution in [0.25, 0.3) is 6.08 Å². The van der Waals surface area contributed by atoms with Gasteiger partial charge in [-0.15, -0.1) is 0 Å². The van der Waals surface area contributed by atoms with Crippen molar-refractivity contribution >= 4 is 29.3 Å². The fraction of sp³-hybridized carbons (Fsp3) is 0.158. The van der Waals surface area contributed by atoms with E-state index in [1.165, 1.54) is 0 Å². The highest BCUT2D eigenvalue weighted by Crippen LogP contribution is 2.30. The van der Waals surface area contributed by atoms with Crippen LogP contribution in [0.15, 0.2) is 48.0 Å². The maximum absolute atomic E-state index is 12.3. The summed E-state index contributed by atoms with van der Waals surface area (Å²) in [7, 11) is 0. The number of carbonyl (C=O) groups is 1. The number of fused-ring (bicyclic) bond motifs is 1. The number of rotatable bonds is 3. The highest BCUT2D eigenvalue weighted by molar-refractivity contribution is 6.31. The van der Waals surface area contributed by atoms with E-state index in [1.54, 1.807) is 30.3 Å². The Morgan fingerprint density at radius 1 is 1.38 bits per heavy atom. The first-order chi connectivity index (χ1) is 11.5. The van der Waals surface area contributed by atoms with E-state index in [1.807, 2.05) is 31.2 Å². The molecule has 0 bridgehead atoms. The zero-order chi connectivity index (χ0) is 17.1. The summed E-state index contributed by atoms with van der Waals surface area (Å²) in [6.07, 6.45) is 2.55. The van der Waals surface area contributed by atoms with Crippen molar-refractivity contribution < 1.29 is 9.53 Å². The van der Waals surface area contributed by atoms with E-state index in [0.717, 1.165) is 23.3 Å². The van der Waals surface area contributed by atoms with Crippen molar-refractivity contribution in [2.45, 2.75) is 19.4 Å². The van der Waals surface area contributed by atoms with Crippen LogP contribution >= 0.6 is 11.6 Å². The van der Waals surface area contributed by atoms with Gasteiger partial charge >= 0.3 is 0 Å². The van der Waals surface area contributed by atoms with Gasteiger partial charge in [-0.05, 0) is 54.5 Å². The van der Waals surface area contributed by atoms with Crippen LogP contribution in [-0.2, 0) is 11.2 Å². The zero-order valence-corrected chi connectivity index (χ0v) is 13.8. The summed E-state index contributed by atoms with van der Waals surface area (Å²) in [4.78, 5) is 12.3. The van der Waals surface area contributed by atoms with Gasteiger partial charge in [-0.3, -0.25) is 4.79 Å². The van der Waals surface area contributed by atoms with Crippen LogP contribution in [0.1, 0.15) is 18.1 Å². The van der Waals surface area contributed by atoms with Crippen LogP contribution in [0.5, 0.6) is 5.75 Å². The number of nitrogens with one attached hydrogen (secondary N) is 1. The van der Waals surface area contributed by atoms with Gasteiger partial charge in [0.25, 0.3) is 5.91 Å². The Bertz CT molecular complexity index is 868. The molecule has 0 aromatic heterocycles. The summed E-state index contributed by atoms with van der Waals surface area (Å²) in [5.41, 5.74) is 2.46. The lowest BCUT2D eigenvalue weighted by molar-refractivity contribution is -0.112. The van der Waals surface area contributed by atoms with Crippen LogP contribution in [-0.4, -0.2) is 12.0 Å². The topological polar surface area (TPSA) is 62.1 Å². The fourth-order valence-corrected chi connectivity index (χ4v) is 2.80. The molecule has 3 rings (SSSR count). The first kappa shape index (κ1) is 16.1. The predicted octanol–water partition coefficient (Wildman–Crippen LogP) is 4.21. The fourth-order valence-electron chi connectivity index (χ4n) is 2.61. The molecule has 0 radical (unpaired) electrons. The first-order valence-electron chi connectivity index (χ1n) is 7.53. The molecule has 1 atom stereocenters. The van der Waals surface area contributed by atoms with Crippen LogP contribution in [0.2, 0.25) is 5.02 Å².